The SMILES string of the molecule is CCNc1nc(NCCC2CCOC2)c2ccsc2n1. The molecule has 0 radical (unpaired) electrons. The van der Waals surface area contributed by atoms with Gasteiger partial charge in [-0.3, -0.25) is 0 Å². The van der Waals surface area contributed by atoms with E-state index in [1.54, 1.807) is 11.3 Å². The number of ether oxygens (including phenoxy) is 1. The van der Waals surface area contributed by atoms with Gasteiger partial charge < -0.3 is 15.4 Å². The number of hydrogen-bond acceptors (Lipinski definition) is 6. The number of anilines is 2. The summed E-state index contributed by atoms with van der Waals surface area (Å²) in [5, 5.41) is 9.82. The first-order valence-electron chi connectivity index (χ1n) is 7.17. The average molecular weight is 292 g/mol. The molecule has 2 N–H and O–H groups in total. The standard InChI is InChI=1S/C14H20N4OS/c1-2-15-14-17-12(11-5-8-20-13(11)18-14)16-6-3-10-4-7-19-9-10/h5,8,10H,2-4,6-7,9H2,1H3,(H2,15,16,17,18). The van der Waals surface area contributed by atoms with E-state index in [9.17, 15) is 0 Å². The van der Waals surface area contributed by atoms with E-state index in [1.807, 2.05) is 0 Å². The third kappa shape index (κ3) is 3.02. The van der Waals surface area contributed by atoms with E-state index in [0.29, 0.717) is 11.9 Å². The summed E-state index contributed by atoms with van der Waals surface area (Å²) >= 11 is 1.65. The second kappa shape index (κ2) is 6.37. The summed E-state index contributed by atoms with van der Waals surface area (Å²) in [6, 6.07) is 2.08. The Labute approximate surface area is 122 Å². The quantitative estimate of drug-likeness (QED) is 0.857. The molecule has 3 rings (SSSR count). The number of nitrogens with zero attached hydrogens (tertiary/aromatic N) is 2. The average Bonchev–Trinajstić information content (AvgIpc) is 3.09. The van der Waals surface area contributed by atoms with Gasteiger partial charge in [-0.05, 0) is 37.1 Å². The highest BCUT2D eigenvalue weighted by molar-refractivity contribution is 7.16. The van der Waals surface area contributed by atoms with E-state index in [4.69, 9.17) is 4.74 Å². The van der Waals surface area contributed by atoms with Crippen molar-refractivity contribution in [1.82, 2.24) is 9.97 Å². The van der Waals surface area contributed by atoms with Gasteiger partial charge in [-0.1, -0.05) is 0 Å². The number of hydrogen-bond donors (Lipinski definition) is 2. The van der Waals surface area contributed by atoms with Gasteiger partial charge in [0.15, 0.2) is 0 Å². The lowest BCUT2D eigenvalue weighted by atomic mass is 10.1. The molecule has 6 heteroatoms. The molecule has 3 heterocycles. The van der Waals surface area contributed by atoms with E-state index in [1.165, 1.54) is 6.42 Å². The molecular formula is C14H20N4OS. The van der Waals surface area contributed by atoms with Gasteiger partial charge in [0.25, 0.3) is 0 Å². The molecule has 5 nitrogen and oxygen atoms in total. The van der Waals surface area contributed by atoms with Crippen molar-refractivity contribution in [3.05, 3.63) is 11.4 Å². The smallest absolute Gasteiger partial charge is 0.226 e. The Balaban J connectivity index is 1.69. The van der Waals surface area contributed by atoms with Crippen LogP contribution in [0.15, 0.2) is 11.4 Å². The maximum absolute atomic E-state index is 5.41. The van der Waals surface area contributed by atoms with E-state index in [0.717, 1.165) is 48.8 Å². The molecule has 2 aromatic rings. The zero-order valence-corrected chi connectivity index (χ0v) is 12.5. The minimum absolute atomic E-state index is 0.690. The van der Waals surface area contributed by atoms with E-state index in [-0.39, 0.29) is 0 Å². The molecule has 0 amide bonds. The lowest BCUT2D eigenvalue weighted by Gasteiger charge is -2.11. The monoisotopic (exact) mass is 292 g/mol. The predicted octanol–water partition coefficient (Wildman–Crippen LogP) is 2.96. The topological polar surface area (TPSA) is 59.1 Å². The molecule has 0 bridgehead atoms. The molecule has 108 valence electrons. The molecule has 1 aliphatic rings. The molecule has 0 aliphatic carbocycles. The molecule has 1 unspecified atom stereocenters. The van der Waals surface area contributed by atoms with E-state index >= 15 is 0 Å². The second-order valence-corrected chi connectivity index (χ2v) is 5.91. The van der Waals surface area contributed by atoms with Gasteiger partial charge in [-0.2, -0.15) is 4.98 Å². The maximum Gasteiger partial charge on any atom is 0.226 e. The van der Waals surface area contributed by atoms with E-state index in [2.05, 4.69) is 39.0 Å². The van der Waals surface area contributed by atoms with Crippen LogP contribution in [0, 0.1) is 5.92 Å². The Morgan fingerprint density at radius 3 is 3.15 bits per heavy atom. The van der Waals surface area contributed by atoms with Gasteiger partial charge in [0.1, 0.15) is 10.6 Å². The maximum atomic E-state index is 5.41. The molecular weight excluding hydrogens is 272 g/mol. The predicted molar refractivity (Wildman–Crippen MR) is 83.6 cm³/mol. The van der Waals surface area contributed by atoms with Crippen LogP contribution in [0.3, 0.4) is 0 Å². The molecule has 0 spiro atoms. The van der Waals surface area contributed by atoms with Crippen molar-refractivity contribution in [2.45, 2.75) is 19.8 Å². The highest BCUT2D eigenvalue weighted by Gasteiger charge is 2.15. The van der Waals surface area contributed by atoms with Crippen LogP contribution < -0.4 is 10.6 Å². The normalized spacial score (nSPS) is 18.6. The Morgan fingerprint density at radius 2 is 2.35 bits per heavy atom. The molecule has 1 fully saturated rings. The Kier molecular flexibility index (Phi) is 4.32. The van der Waals surface area contributed by atoms with Crippen LogP contribution >= 0.6 is 11.3 Å². The fourth-order valence-electron chi connectivity index (χ4n) is 2.43. The minimum atomic E-state index is 0.690. The third-order valence-electron chi connectivity index (χ3n) is 3.53. The summed E-state index contributed by atoms with van der Waals surface area (Å²) in [4.78, 5) is 10.1. The first kappa shape index (κ1) is 13.6. The zero-order chi connectivity index (χ0) is 13.8. The fourth-order valence-corrected chi connectivity index (χ4v) is 3.20. The zero-order valence-electron chi connectivity index (χ0n) is 11.7. The van der Waals surface area contributed by atoms with Gasteiger partial charge in [-0.25, -0.2) is 4.98 Å². The molecule has 0 saturated carbocycles. The van der Waals surface area contributed by atoms with Crippen LogP contribution in [0.2, 0.25) is 0 Å². The Morgan fingerprint density at radius 1 is 1.40 bits per heavy atom. The highest BCUT2D eigenvalue weighted by Crippen LogP contribution is 2.26. The molecule has 2 aromatic heterocycles. The first-order valence-corrected chi connectivity index (χ1v) is 8.05. The Hall–Kier alpha value is -1.40. The molecule has 0 aromatic carbocycles. The number of fused-ring (bicyclic) bond motifs is 1. The van der Waals surface area contributed by atoms with Crippen molar-refractivity contribution in [2.75, 3.05) is 36.9 Å². The van der Waals surface area contributed by atoms with Crippen LogP contribution in [0.5, 0.6) is 0 Å². The number of nitrogens with one attached hydrogen (secondary N) is 2. The van der Waals surface area contributed by atoms with Crippen molar-refractivity contribution in [3.63, 3.8) is 0 Å². The number of rotatable bonds is 6. The Bertz CT molecular complexity index is 565. The number of aromatic nitrogens is 2. The van der Waals surface area contributed by atoms with Crippen molar-refractivity contribution in [3.8, 4) is 0 Å². The van der Waals surface area contributed by atoms with Gasteiger partial charge in [-0.15, -0.1) is 11.3 Å². The highest BCUT2D eigenvalue weighted by atomic mass is 32.1. The van der Waals surface area contributed by atoms with Gasteiger partial charge in [0.05, 0.1) is 5.39 Å². The summed E-state index contributed by atoms with van der Waals surface area (Å²) < 4.78 is 5.41. The van der Waals surface area contributed by atoms with Crippen LogP contribution in [-0.4, -0.2) is 36.3 Å². The molecule has 20 heavy (non-hydrogen) atoms. The van der Waals surface area contributed by atoms with Crippen LogP contribution in [0.25, 0.3) is 10.2 Å². The number of thiophene rings is 1. The van der Waals surface area contributed by atoms with Crippen LogP contribution in [-0.2, 0) is 4.74 Å². The summed E-state index contributed by atoms with van der Waals surface area (Å²) in [6.07, 6.45) is 2.31. The molecule has 1 aliphatic heterocycles. The lowest BCUT2D eigenvalue weighted by molar-refractivity contribution is 0.185. The van der Waals surface area contributed by atoms with Crippen molar-refractivity contribution < 1.29 is 4.74 Å². The van der Waals surface area contributed by atoms with Crippen molar-refractivity contribution in [1.29, 1.82) is 0 Å². The van der Waals surface area contributed by atoms with Crippen LogP contribution in [0.4, 0.5) is 11.8 Å². The molecule has 1 saturated heterocycles. The first-order chi connectivity index (χ1) is 9.86. The summed E-state index contributed by atoms with van der Waals surface area (Å²) in [6.45, 7) is 5.63. The fraction of sp³-hybridized carbons (Fsp3) is 0.571. The summed E-state index contributed by atoms with van der Waals surface area (Å²) in [5.74, 6) is 2.33. The lowest BCUT2D eigenvalue weighted by Crippen LogP contribution is -2.11. The van der Waals surface area contributed by atoms with Crippen molar-refractivity contribution >= 4 is 33.3 Å². The third-order valence-corrected chi connectivity index (χ3v) is 4.34. The van der Waals surface area contributed by atoms with Crippen molar-refractivity contribution in [2.24, 2.45) is 5.92 Å². The van der Waals surface area contributed by atoms with Gasteiger partial charge in [0.2, 0.25) is 5.95 Å². The summed E-state index contributed by atoms with van der Waals surface area (Å²) in [7, 11) is 0. The van der Waals surface area contributed by atoms with E-state index < -0.39 is 0 Å². The van der Waals surface area contributed by atoms with Crippen LogP contribution in [0.1, 0.15) is 19.8 Å². The minimum Gasteiger partial charge on any atom is -0.381 e. The second-order valence-electron chi connectivity index (χ2n) is 5.01. The van der Waals surface area contributed by atoms with Gasteiger partial charge in [0, 0.05) is 26.3 Å². The molecule has 1 atom stereocenters. The van der Waals surface area contributed by atoms with Gasteiger partial charge >= 0.3 is 0 Å². The largest absolute Gasteiger partial charge is 0.381 e. The summed E-state index contributed by atoms with van der Waals surface area (Å²) in [5.41, 5.74) is 0.